The molecular formula is C20H26N2O4. The lowest BCUT2D eigenvalue weighted by atomic mass is 9.81. The molecule has 0 bridgehead atoms. The van der Waals surface area contributed by atoms with E-state index >= 15 is 0 Å². The van der Waals surface area contributed by atoms with E-state index in [1.165, 1.54) is 0 Å². The van der Waals surface area contributed by atoms with Gasteiger partial charge in [0.2, 0.25) is 11.8 Å². The maximum absolute atomic E-state index is 12.6. The van der Waals surface area contributed by atoms with Crippen LogP contribution in [0.15, 0.2) is 30.3 Å². The van der Waals surface area contributed by atoms with Gasteiger partial charge in [-0.05, 0) is 24.8 Å². The van der Waals surface area contributed by atoms with E-state index in [2.05, 4.69) is 5.32 Å². The monoisotopic (exact) mass is 358 g/mol. The summed E-state index contributed by atoms with van der Waals surface area (Å²) in [7, 11) is 0. The Hall–Kier alpha value is -2.37. The number of carbonyl (C=O) groups is 3. The van der Waals surface area contributed by atoms with Crippen LogP contribution in [0, 0.1) is 5.92 Å². The summed E-state index contributed by atoms with van der Waals surface area (Å²) in [6, 6.07) is 9.92. The maximum atomic E-state index is 12.6. The first-order valence-corrected chi connectivity index (χ1v) is 9.37. The molecule has 1 aromatic carbocycles. The summed E-state index contributed by atoms with van der Waals surface area (Å²) in [5, 5.41) is 12.4. The van der Waals surface area contributed by atoms with E-state index in [-0.39, 0.29) is 18.2 Å². The second kappa shape index (κ2) is 7.89. The lowest BCUT2D eigenvalue weighted by Crippen LogP contribution is -2.57. The summed E-state index contributed by atoms with van der Waals surface area (Å²) >= 11 is 0. The van der Waals surface area contributed by atoms with Crippen LogP contribution in [0.25, 0.3) is 0 Å². The van der Waals surface area contributed by atoms with E-state index in [0.29, 0.717) is 25.9 Å². The molecule has 1 aliphatic carbocycles. The topological polar surface area (TPSA) is 86.7 Å². The predicted molar refractivity (Wildman–Crippen MR) is 96.4 cm³/mol. The molecular weight excluding hydrogens is 332 g/mol. The van der Waals surface area contributed by atoms with Gasteiger partial charge in [0.15, 0.2) is 0 Å². The van der Waals surface area contributed by atoms with Crippen LogP contribution in [0.2, 0.25) is 0 Å². The van der Waals surface area contributed by atoms with Gasteiger partial charge in [0.05, 0.1) is 5.92 Å². The highest BCUT2D eigenvalue weighted by Crippen LogP contribution is 2.29. The third-order valence-corrected chi connectivity index (χ3v) is 5.58. The number of rotatable bonds is 6. The molecule has 0 aromatic heterocycles. The van der Waals surface area contributed by atoms with E-state index in [1.54, 1.807) is 4.90 Å². The molecule has 2 aliphatic rings. The number of benzene rings is 1. The number of carboxylic acid groups (broad SMARTS) is 1. The fourth-order valence-electron chi connectivity index (χ4n) is 3.96. The second-order valence-electron chi connectivity index (χ2n) is 7.41. The zero-order valence-corrected chi connectivity index (χ0v) is 14.9. The number of aliphatic carboxylic acids is 1. The van der Waals surface area contributed by atoms with E-state index in [1.807, 2.05) is 30.3 Å². The van der Waals surface area contributed by atoms with Gasteiger partial charge in [0.1, 0.15) is 5.54 Å². The number of amides is 2. The third kappa shape index (κ3) is 4.06. The first-order valence-electron chi connectivity index (χ1n) is 9.37. The van der Waals surface area contributed by atoms with Gasteiger partial charge in [0, 0.05) is 19.5 Å². The van der Waals surface area contributed by atoms with Gasteiger partial charge in [0.25, 0.3) is 0 Å². The number of carboxylic acids is 1. The molecule has 0 spiro atoms. The van der Waals surface area contributed by atoms with Crippen LogP contribution in [-0.4, -0.2) is 46.4 Å². The highest BCUT2D eigenvalue weighted by Gasteiger charge is 2.43. The van der Waals surface area contributed by atoms with Crippen LogP contribution in [0.1, 0.15) is 44.1 Å². The number of carbonyl (C=O) groups excluding carboxylic acids is 2. The van der Waals surface area contributed by atoms with Crippen molar-refractivity contribution in [2.45, 2.75) is 50.5 Å². The van der Waals surface area contributed by atoms with Crippen LogP contribution >= 0.6 is 0 Å². The predicted octanol–water partition coefficient (Wildman–Crippen LogP) is 1.98. The number of nitrogens with zero attached hydrogens (tertiary/aromatic N) is 1. The first kappa shape index (κ1) is 18.4. The van der Waals surface area contributed by atoms with Crippen molar-refractivity contribution >= 4 is 17.8 Å². The van der Waals surface area contributed by atoms with Gasteiger partial charge < -0.3 is 15.3 Å². The molecule has 1 aliphatic heterocycles. The Labute approximate surface area is 153 Å². The Kier molecular flexibility index (Phi) is 5.59. The minimum absolute atomic E-state index is 0.0332. The Morgan fingerprint density at radius 3 is 2.50 bits per heavy atom. The van der Waals surface area contributed by atoms with E-state index < -0.39 is 17.4 Å². The number of likely N-dealkylation sites (tertiary alicyclic amines) is 1. The molecule has 6 nitrogen and oxygen atoms in total. The van der Waals surface area contributed by atoms with Crippen molar-refractivity contribution in [1.29, 1.82) is 0 Å². The van der Waals surface area contributed by atoms with Crippen LogP contribution in [0.4, 0.5) is 0 Å². The van der Waals surface area contributed by atoms with Crippen LogP contribution in [0.5, 0.6) is 0 Å². The highest BCUT2D eigenvalue weighted by atomic mass is 16.4. The molecule has 3 rings (SSSR count). The van der Waals surface area contributed by atoms with Gasteiger partial charge in [-0.1, -0.05) is 49.6 Å². The first-order chi connectivity index (χ1) is 12.5. The summed E-state index contributed by atoms with van der Waals surface area (Å²) < 4.78 is 0. The molecule has 1 heterocycles. The zero-order valence-electron chi connectivity index (χ0n) is 14.9. The minimum Gasteiger partial charge on any atom is -0.480 e. The van der Waals surface area contributed by atoms with E-state index in [9.17, 15) is 19.5 Å². The van der Waals surface area contributed by atoms with E-state index in [4.69, 9.17) is 0 Å². The molecule has 2 fully saturated rings. The van der Waals surface area contributed by atoms with Crippen molar-refractivity contribution in [2.75, 3.05) is 13.1 Å². The molecule has 140 valence electrons. The number of nitrogens with one attached hydrogen (secondary N) is 1. The Balaban J connectivity index is 1.57. The summed E-state index contributed by atoms with van der Waals surface area (Å²) in [4.78, 5) is 38.3. The Bertz CT molecular complexity index is 668. The molecule has 1 atom stereocenters. The van der Waals surface area contributed by atoms with Crippen molar-refractivity contribution < 1.29 is 19.5 Å². The van der Waals surface area contributed by atoms with Crippen molar-refractivity contribution in [3.8, 4) is 0 Å². The van der Waals surface area contributed by atoms with Crippen LogP contribution in [0.3, 0.4) is 0 Å². The van der Waals surface area contributed by atoms with Crippen molar-refractivity contribution in [2.24, 2.45) is 5.92 Å². The molecule has 0 radical (unpaired) electrons. The number of hydrogen-bond donors (Lipinski definition) is 2. The van der Waals surface area contributed by atoms with Crippen LogP contribution < -0.4 is 5.32 Å². The van der Waals surface area contributed by atoms with Gasteiger partial charge in [-0.2, -0.15) is 0 Å². The molecule has 26 heavy (non-hydrogen) atoms. The fourth-order valence-corrected chi connectivity index (χ4v) is 3.96. The standard InChI is InChI=1S/C20H26N2O4/c23-17-13-16(14-22(17)12-9-15-7-3-1-4-8-15)18(24)21-20(19(25)26)10-5-2-6-11-20/h1,3-4,7-8,16H,2,5-6,9-14H2,(H,21,24)(H,25,26)/t16-/m1/s1. The van der Waals surface area contributed by atoms with Gasteiger partial charge in [-0.15, -0.1) is 0 Å². The van der Waals surface area contributed by atoms with E-state index in [0.717, 1.165) is 31.2 Å². The SMILES string of the molecule is O=C(NC1(C(=O)O)CCCCC1)[C@@H]1CC(=O)N(CCc2ccccc2)C1. The maximum Gasteiger partial charge on any atom is 0.329 e. The summed E-state index contributed by atoms with van der Waals surface area (Å²) in [5.74, 6) is -1.76. The molecule has 1 saturated heterocycles. The van der Waals surface area contributed by atoms with Gasteiger partial charge in [-0.3, -0.25) is 9.59 Å². The summed E-state index contributed by atoms with van der Waals surface area (Å²) in [6.07, 6.45) is 4.45. The molecule has 2 amide bonds. The molecule has 1 saturated carbocycles. The largest absolute Gasteiger partial charge is 0.480 e. The molecule has 1 aromatic rings. The van der Waals surface area contributed by atoms with Gasteiger partial charge in [-0.25, -0.2) is 4.79 Å². The highest BCUT2D eigenvalue weighted by molar-refractivity contribution is 5.92. The normalized spacial score (nSPS) is 22.2. The second-order valence-corrected chi connectivity index (χ2v) is 7.41. The molecule has 0 unspecified atom stereocenters. The minimum atomic E-state index is -1.16. The summed E-state index contributed by atoms with van der Waals surface area (Å²) in [5.41, 5.74) is -0.00391. The smallest absolute Gasteiger partial charge is 0.329 e. The quantitative estimate of drug-likeness (QED) is 0.814. The lowest BCUT2D eigenvalue weighted by Gasteiger charge is -2.34. The average Bonchev–Trinajstić information content (AvgIpc) is 3.02. The Morgan fingerprint density at radius 2 is 1.85 bits per heavy atom. The Morgan fingerprint density at radius 1 is 1.15 bits per heavy atom. The van der Waals surface area contributed by atoms with Crippen LogP contribution in [-0.2, 0) is 20.8 Å². The number of hydrogen-bond acceptors (Lipinski definition) is 3. The molecule has 2 N–H and O–H groups in total. The molecule has 6 heteroatoms. The lowest BCUT2D eigenvalue weighted by molar-refractivity contribution is -0.150. The third-order valence-electron chi connectivity index (χ3n) is 5.58. The van der Waals surface area contributed by atoms with Crippen molar-refractivity contribution in [3.63, 3.8) is 0 Å². The average molecular weight is 358 g/mol. The van der Waals surface area contributed by atoms with Crippen molar-refractivity contribution in [3.05, 3.63) is 35.9 Å². The van der Waals surface area contributed by atoms with Crippen molar-refractivity contribution in [1.82, 2.24) is 10.2 Å². The summed E-state index contributed by atoms with van der Waals surface area (Å²) in [6.45, 7) is 0.948. The van der Waals surface area contributed by atoms with Gasteiger partial charge >= 0.3 is 5.97 Å². The zero-order chi connectivity index (χ0) is 18.6. The fraction of sp³-hybridized carbons (Fsp3) is 0.550.